The molecule has 1 rings (SSSR count). The highest BCUT2D eigenvalue weighted by molar-refractivity contribution is 7.98. The van der Waals surface area contributed by atoms with E-state index in [1.165, 1.54) is 0 Å². The van der Waals surface area contributed by atoms with Crippen molar-refractivity contribution in [1.82, 2.24) is 0 Å². The fourth-order valence-electron chi connectivity index (χ4n) is 1.35. The summed E-state index contributed by atoms with van der Waals surface area (Å²) in [4.78, 5) is 11.0. The van der Waals surface area contributed by atoms with Gasteiger partial charge >= 0.3 is 5.97 Å². The molecule has 0 unspecified atom stereocenters. The number of aliphatic hydroxyl groups excluding tert-OH is 1. The number of hydrogen-bond donors (Lipinski definition) is 3. The number of nitrogen functional groups attached to an aromatic ring is 1. The zero-order valence-electron chi connectivity index (χ0n) is 8.85. The molecule has 0 radical (unpaired) electrons. The molecule has 0 aromatic heterocycles. The lowest BCUT2D eigenvalue weighted by Gasteiger charge is -2.08. The fraction of sp³-hybridized carbons (Fsp3) is 0.364. The van der Waals surface area contributed by atoms with Gasteiger partial charge in [-0.2, -0.15) is 11.8 Å². The monoisotopic (exact) mass is 241 g/mol. The van der Waals surface area contributed by atoms with Crippen molar-refractivity contribution >= 4 is 23.4 Å². The van der Waals surface area contributed by atoms with Crippen LogP contribution in [0.1, 0.15) is 22.3 Å². The first kappa shape index (κ1) is 12.9. The highest BCUT2D eigenvalue weighted by Gasteiger charge is 2.12. The SMILES string of the molecule is Nc1cccc(CSCCCO)c1C(=O)O. The Bertz CT molecular complexity index is 368. The van der Waals surface area contributed by atoms with Crippen LogP contribution in [0, 0.1) is 0 Å². The summed E-state index contributed by atoms with van der Waals surface area (Å²) >= 11 is 1.59. The molecule has 16 heavy (non-hydrogen) atoms. The summed E-state index contributed by atoms with van der Waals surface area (Å²) < 4.78 is 0. The molecule has 0 aliphatic carbocycles. The molecule has 0 amide bonds. The molecule has 0 spiro atoms. The molecule has 0 saturated carbocycles. The van der Waals surface area contributed by atoms with Gasteiger partial charge in [0.25, 0.3) is 0 Å². The van der Waals surface area contributed by atoms with Crippen LogP contribution in [0.4, 0.5) is 5.69 Å². The van der Waals surface area contributed by atoms with Crippen molar-refractivity contribution < 1.29 is 15.0 Å². The summed E-state index contributed by atoms with van der Waals surface area (Å²) in [5, 5.41) is 17.6. The number of thioether (sulfide) groups is 1. The molecule has 4 nitrogen and oxygen atoms in total. The van der Waals surface area contributed by atoms with Crippen molar-refractivity contribution in [2.75, 3.05) is 18.1 Å². The Morgan fingerprint density at radius 2 is 2.19 bits per heavy atom. The number of rotatable bonds is 6. The van der Waals surface area contributed by atoms with Crippen LogP contribution in [-0.4, -0.2) is 28.5 Å². The van der Waals surface area contributed by atoms with Crippen molar-refractivity contribution in [3.8, 4) is 0 Å². The lowest BCUT2D eigenvalue weighted by atomic mass is 10.1. The van der Waals surface area contributed by atoms with Gasteiger partial charge in [0.2, 0.25) is 0 Å². The summed E-state index contributed by atoms with van der Waals surface area (Å²) in [5.41, 5.74) is 6.85. The Labute approximate surface area is 98.5 Å². The number of aliphatic hydroxyl groups is 1. The molecule has 0 atom stereocenters. The highest BCUT2D eigenvalue weighted by Crippen LogP contribution is 2.22. The van der Waals surface area contributed by atoms with Gasteiger partial charge in [-0.05, 0) is 23.8 Å². The summed E-state index contributed by atoms with van der Waals surface area (Å²) in [5.74, 6) is 0.424. The molecule has 0 fully saturated rings. The van der Waals surface area contributed by atoms with Crippen molar-refractivity contribution in [2.45, 2.75) is 12.2 Å². The van der Waals surface area contributed by atoms with Crippen molar-refractivity contribution in [3.05, 3.63) is 29.3 Å². The van der Waals surface area contributed by atoms with E-state index in [0.29, 0.717) is 11.4 Å². The van der Waals surface area contributed by atoms with Gasteiger partial charge < -0.3 is 15.9 Å². The standard InChI is InChI=1S/C11H15NO3S/c12-9-4-1-3-8(10(9)11(14)15)7-16-6-2-5-13/h1,3-4,13H,2,5-7,12H2,(H,14,15). The third-order valence-electron chi connectivity index (χ3n) is 2.10. The number of hydrogen-bond acceptors (Lipinski definition) is 4. The number of benzene rings is 1. The predicted octanol–water partition coefficient (Wildman–Crippen LogP) is 1.58. The van der Waals surface area contributed by atoms with E-state index in [1.807, 2.05) is 0 Å². The zero-order valence-corrected chi connectivity index (χ0v) is 9.67. The van der Waals surface area contributed by atoms with Gasteiger partial charge in [0.1, 0.15) is 0 Å². The Balaban J connectivity index is 2.71. The van der Waals surface area contributed by atoms with Gasteiger partial charge in [0.05, 0.1) is 5.56 Å². The van der Waals surface area contributed by atoms with Crippen LogP contribution < -0.4 is 5.73 Å². The van der Waals surface area contributed by atoms with Gasteiger partial charge in [-0.15, -0.1) is 0 Å². The quantitative estimate of drug-likeness (QED) is 0.520. The Kier molecular flexibility index (Phi) is 5.14. The number of anilines is 1. The molecule has 0 bridgehead atoms. The Morgan fingerprint density at radius 3 is 2.81 bits per heavy atom. The largest absolute Gasteiger partial charge is 0.478 e. The van der Waals surface area contributed by atoms with E-state index in [2.05, 4.69) is 0 Å². The van der Waals surface area contributed by atoms with E-state index in [0.717, 1.165) is 17.7 Å². The summed E-state index contributed by atoms with van der Waals surface area (Å²) in [7, 11) is 0. The van der Waals surface area contributed by atoms with E-state index >= 15 is 0 Å². The predicted molar refractivity (Wildman–Crippen MR) is 65.7 cm³/mol. The normalized spacial score (nSPS) is 10.3. The molecular weight excluding hydrogens is 226 g/mol. The molecule has 0 heterocycles. The average molecular weight is 241 g/mol. The first-order valence-corrected chi connectivity index (χ1v) is 6.11. The van der Waals surface area contributed by atoms with Crippen LogP contribution in [0.5, 0.6) is 0 Å². The molecule has 0 saturated heterocycles. The molecule has 5 heteroatoms. The lowest BCUT2D eigenvalue weighted by Crippen LogP contribution is -2.06. The topological polar surface area (TPSA) is 83.5 Å². The van der Waals surface area contributed by atoms with Crippen molar-refractivity contribution in [1.29, 1.82) is 0 Å². The summed E-state index contributed by atoms with van der Waals surface area (Å²) in [6.45, 7) is 0.162. The number of nitrogens with two attached hydrogens (primary N) is 1. The number of carbonyl (C=O) groups is 1. The second-order valence-electron chi connectivity index (χ2n) is 3.32. The second-order valence-corrected chi connectivity index (χ2v) is 4.42. The van der Waals surface area contributed by atoms with E-state index in [-0.39, 0.29) is 12.2 Å². The van der Waals surface area contributed by atoms with Crippen molar-refractivity contribution in [2.24, 2.45) is 0 Å². The van der Waals surface area contributed by atoms with Gasteiger partial charge in [-0.1, -0.05) is 12.1 Å². The summed E-state index contributed by atoms with van der Waals surface area (Å²) in [6.07, 6.45) is 0.718. The van der Waals surface area contributed by atoms with Crippen LogP contribution in [0.3, 0.4) is 0 Å². The van der Waals surface area contributed by atoms with Crippen LogP contribution in [0.2, 0.25) is 0 Å². The molecule has 0 aliphatic rings. The average Bonchev–Trinajstić information content (AvgIpc) is 2.24. The molecule has 4 N–H and O–H groups in total. The van der Waals surface area contributed by atoms with Gasteiger partial charge in [0, 0.05) is 18.0 Å². The molecule has 1 aromatic rings. The maximum atomic E-state index is 11.0. The molecule has 0 aliphatic heterocycles. The van der Waals surface area contributed by atoms with Gasteiger partial charge in [-0.25, -0.2) is 4.79 Å². The van der Waals surface area contributed by atoms with E-state index < -0.39 is 5.97 Å². The lowest BCUT2D eigenvalue weighted by molar-refractivity contribution is 0.0697. The van der Waals surface area contributed by atoms with Crippen molar-refractivity contribution in [3.63, 3.8) is 0 Å². The molecular formula is C11H15NO3S. The second kappa shape index (κ2) is 6.40. The number of aromatic carboxylic acids is 1. The summed E-state index contributed by atoms with van der Waals surface area (Å²) in [6, 6.07) is 5.11. The fourth-order valence-corrected chi connectivity index (χ4v) is 2.29. The first-order chi connectivity index (χ1) is 7.66. The Hall–Kier alpha value is -1.20. The van der Waals surface area contributed by atoms with E-state index in [1.54, 1.807) is 30.0 Å². The molecule has 1 aromatic carbocycles. The number of carboxylic acids is 1. The van der Waals surface area contributed by atoms with Crippen LogP contribution >= 0.6 is 11.8 Å². The van der Waals surface area contributed by atoms with E-state index in [4.69, 9.17) is 15.9 Å². The Morgan fingerprint density at radius 1 is 1.44 bits per heavy atom. The van der Waals surface area contributed by atoms with Gasteiger partial charge in [-0.3, -0.25) is 0 Å². The van der Waals surface area contributed by atoms with Crippen LogP contribution in [-0.2, 0) is 5.75 Å². The maximum Gasteiger partial charge on any atom is 0.338 e. The highest BCUT2D eigenvalue weighted by atomic mass is 32.2. The van der Waals surface area contributed by atoms with Gasteiger partial charge in [0.15, 0.2) is 0 Å². The smallest absolute Gasteiger partial charge is 0.338 e. The third-order valence-corrected chi connectivity index (χ3v) is 3.19. The first-order valence-electron chi connectivity index (χ1n) is 4.96. The number of carboxylic acid groups (broad SMARTS) is 1. The minimum absolute atomic E-state index is 0.162. The maximum absolute atomic E-state index is 11.0. The minimum Gasteiger partial charge on any atom is -0.478 e. The van der Waals surface area contributed by atoms with Crippen LogP contribution in [0.15, 0.2) is 18.2 Å². The molecule has 88 valence electrons. The zero-order chi connectivity index (χ0) is 12.0. The third kappa shape index (κ3) is 3.43. The van der Waals surface area contributed by atoms with Crippen LogP contribution in [0.25, 0.3) is 0 Å². The minimum atomic E-state index is -0.990. The van der Waals surface area contributed by atoms with E-state index in [9.17, 15) is 4.79 Å².